The SMILES string of the molecule is CCN(CC(=O)N1CCCCC1C)C(C)c1ccc(F)cc1. The second-order valence-electron chi connectivity index (χ2n) is 6.22. The van der Waals surface area contributed by atoms with Gasteiger partial charge in [-0.25, -0.2) is 4.39 Å². The molecule has 1 aromatic carbocycles. The average molecular weight is 306 g/mol. The van der Waals surface area contributed by atoms with Crippen LogP contribution in [0.1, 0.15) is 51.6 Å². The van der Waals surface area contributed by atoms with Crippen LogP contribution < -0.4 is 0 Å². The molecular formula is C18H27FN2O. The van der Waals surface area contributed by atoms with Gasteiger partial charge >= 0.3 is 0 Å². The van der Waals surface area contributed by atoms with Gasteiger partial charge in [-0.05, 0) is 57.4 Å². The van der Waals surface area contributed by atoms with Gasteiger partial charge in [-0.2, -0.15) is 0 Å². The van der Waals surface area contributed by atoms with Crippen molar-refractivity contribution >= 4 is 5.91 Å². The van der Waals surface area contributed by atoms with E-state index in [0.29, 0.717) is 12.6 Å². The molecular weight excluding hydrogens is 279 g/mol. The summed E-state index contributed by atoms with van der Waals surface area (Å²) in [6, 6.07) is 7.02. The van der Waals surface area contributed by atoms with E-state index in [2.05, 4.69) is 25.7 Å². The van der Waals surface area contributed by atoms with Gasteiger partial charge in [-0.15, -0.1) is 0 Å². The van der Waals surface area contributed by atoms with Gasteiger partial charge in [0.15, 0.2) is 0 Å². The van der Waals surface area contributed by atoms with Crippen molar-refractivity contribution in [1.29, 1.82) is 0 Å². The van der Waals surface area contributed by atoms with Gasteiger partial charge < -0.3 is 4.90 Å². The number of hydrogen-bond acceptors (Lipinski definition) is 2. The van der Waals surface area contributed by atoms with Crippen LogP contribution in [0.15, 0.2) is 24.3 Å². The third-order valence-electron chi connectivity index (χ3n) is 4.77. The molecule has 1 aromatic rings. The Morgan fingerprint density at radius 2 is 2.05 bits per heavy atom. The highest BCUT2D eigenvalue weighted by Gasteiger charge is 2.26. The topological polar surface area (TPSA) is 23.6 Å². The maximum atomic E-state index is 13.1. The lowest BCUT2D eigenvalue weighted by atomic mass is 10.0. The lowest BCUT2D eigenvalue weighted by Gasteiger charge is -2.36. The average Bonchev–Trinajstić information content (AvgIpc) is 2.53. The molecule has 4 heteroatoms. The van der Waals surface area contributed by atoms with Crippen molar-refractivity contribution in [3.8, 4) is 0 Å². The Hall–Kier alpha value is -1.42. The summed E-state index contributed by atoms with van der Waals surface area (Å²) < 4.78 is 13.1. The Balaban J connectivity index is 2.01. The number of carbonyl (C=O) groups excluding carboxylic acids is 1. The molecule has 3 nitrogen and oxygen atoms in total. The second-order valence-corrected chi connectivity index (χ2v) is 6.22. The number of likely N-dealkylation sites (N-methyl/N-ethyl adjacent to an activating group) is 1. The van der Waals surface area contributed by atoms with Crippen LogP contribution in [0.4, 0.5) is 4.39 Å². The molecule has 2 unspecified atom stereocenters. The molecule has 1 heterocycles. The number of likely N-dealkylation sites (tertiary alicyclic amines) is 1. The van der Waals surface area contributed by atoms with Crippen molar-refractivity contribution in [1.82, 2.24) is 9.80 Å². The van der Waals surface area contributed by atoms with Gasteiger partial charge in [0.2, 0.25) is 5.91 Å². The lowest BCUT2D eigenvalue weighted by Crippen LogP contribution is -2.47. The van der Waals surface area contributed by atoms with Crippen molar-refractivity contribution < 1.29 is 9.18 Å². The lowest BCUT2D eigenvalue weighted by molar-refractivity contribution is -0.136. The van der Waals surface area contributed by atoms with Crippen LogP contribution in [-0.4, -0.2) is 41.4 Å². The van der Waals surface area contributed by atoms with E-state index in [1.165, 1.54) is 18.6 Å². The largest absolute Gasteiger partial charge is 0.339 e. The van der Waals surface area contributed by atoms with Crippen LogP contribution in [0.25, 0.3) is 0 Å². The molecule has 0 aromatic heterocycles. The summed E-state index contributed by atoms with van der Waals surface area (Å²) in [5.41, 5.74) is 1.04. The van der Waals surface area contributed by atoms with Crippen molar-refractivity contribution in [2.45, 2.75) is 52.1 Å². The highest BCUT2D eigenvalue weighted by Crippen LogP contribution is 2.22. The van der Waals surface area contributed by atoms with Crippen molar-refractivity contribution in [2.24, 2.45) is 0 Å². The molecule has 0 saturated carbocycles. The summed E-state index contributed by atoms with van der Waals surface area (Å²) in [4.78, 5) is 16.8. The molecule has 1 saturated heterocycles. The molecule has 1 fully saturated rings. The zero-order chi connectivity index (χ0) is 16.1. The molecule has 0 bridgehead atoms. The van der Waals surface area contributed by atoms with E-state index in [-0.39, 0.29) is 17.8 Å². The van der Waals surface area contributed by atoms with Gasteiger partial charge in [0.1, 0.15) is 5.82 Å². The highest BCUT2D eigenvalue weighted by atomic mass is 19.1. The molecule has 0 spiro atoms. The number of piperidine rings is 1. The van der Waals surface area contributed by atoms with Crippen LogP contribution in [0.2, 0.25) is 0 Å². The van der Waals surface area contributed by atoms with E-state index in [9.17, 15) is 9.18 Å². The van der Waals surface area contributed by atoms with Gasteiger partial charge in [0.25, 0.3) is 0 Å². The summed E-state index contributed by atoms with van der Waals surface area (Å²) in [7, 11) is 0. The van der Waals surface area contributed by atoms with E-state index < -0.39 is 0 Å². The summed E-state index contributed by atoms with van der Waals surface area (Å²) in [5.74, 6) is -0.0137. The third kappa shape index (κ3) is 4.07. The fourth-order valence-electron chi connectivity index (χ4n) is 3.21. The van der Waals surface area contributed by atoms with Crippen LogP contribution in [-0.2, 0) is 4.79 Å². The minimum absolute atomic E-state index is 0.106. The molecule has 0 aliphatic carbocycles. The van der Waals surface area contributed by atoms with Crippen molar-refractivity contribution in [3.05, 3.63) is 35.6 Å². The van der Waals surface area contributed by atoms with Crippen LogP contribution in [0.5, 0.6) is 0 Å². The summed E-state index contributed by atoms with van der Waals surface area (Å²) >= 11 is 0. The predicted molar refractivity (Wildman–Crippen MR) is 87.1 cm³/mol. The normalized spacial score (nSPS) is 20.2. The molecule has 22 heavy (non-hydrogen) atoms. The second kappa shape index (κ2) is 7.73. The van der Waals surface area contributed by atoms with E-state index in [0.717, 1.165) is 31.5 Å². The first kappa shape index (κ1) is 16.9. The molecule has 1 amide bonds. The Bertz CT molecular complexity index is 488. The zero-order valence-electron chi connectivity index (χ0n) is 13.9. The summed E-state index contributed by atoms with van der Waals surface area (Å²) in [5, 5.41) is 0. The number of nitrogens with zero attached hydrogens (tertiary/aromatic N) is 2. The number of carbonyl (C=O) groups is 1. The van der Waals surface area contributed by atoms with Crippen LogP contribution in [0, 0.1) is 5.82 Å². The van der Waals surface area contributed by atoms with Gasteiger partial charge in [0, 0.05) is 18.6 Å². The first-order valence-electron chi connectivity index (χ1n) is 8.32. The highest BCUT2D eigenvalue weighted by molar-refractivity contribution is 5.78. The van der Waals surface area contributed by atoms with Crippen molar-refractivity contribution in [3.63, 3.8) is 0 Å². The van der Waals surface area contributed by atoms with Gasteiger partial charge in [0.05, 0.1) is 6.54 Å². The van der Waals surface area contributed by atoms with E-state index in [1.54, 1.807) is 12.1 Å². The maximum absolute atomic E-state index is 13.1. The Kier molecular flexibility index (Phi) is 5.95. The molecule has 0 radical (unpaired) electrons. The number of rotatable bonds is 5. The first-order valence-corrected chi connectivity index (χ1v) is 8.32. The number of amides is 1. The Morgan fingerprint density at radius 1 is 1.36 bits per heavy atom. The predicted octanol–water partition coefficient (Wildman–Crippen LogP) is 3.61. The zero-order valence-corrected chi connectivity index (χ0v) is 13.9. The van der Waals surface area contributed by atoms with E-state index in [4.69, 9.17) is 0 Å². The van der Waals surface area contributed by atoms with Crippen molar-refractivity contribution in [2.75, 3.05) is 19.6 Å². The minimum Gasteiger partial charge on any atom is -0.339 e. The monoisotopic (exact) mass is 306 g/mol. The number of benzene rings is 1. The fraction of sp³-hybridized carbons (Fsp3) is 0.611. The maximum Gasteiger partial charge on any atom is 0.237 e. The molecule has 2 rings (SSSR count). The van der Waals surface area contributed by atoms with Gasteiger partial charge in [-0.3, -0.25) is 9.69 Å². The molecule has 122 valence electrons. The molecule has 1 aliphatic heterocycles. The molecule has 2 atom stereocenters. The molecule has 0 N–H and O–H groups in total. The van der Waals surface area contributed by atoms with Gasteiger partial charge in [-0.1, -0.05) is 19.1 Å². The number of halogens is 1. The first-order chi connectivity index (χ1) is 10.5. The van der Waals surface area contributed by atoms with Crippen LogP contribution >= 0.6 is 0 Å². The number of hydrogen-bond donors (Lipinski definition) is 0. The van der Waals surface area contributed by atoms with Crippen LogP contribution in [0.3, 0.4) is 0 Å². The fourth-order valence-corrected chi connectivity index (χ4v) is 3.21. The Labute approximate surface area is 133 Å². The minimum atomic E-state index is -0.225. The summed E-state index contributed by atoms with van der Waals surface area (Å²) in [6.45, 7) is 8.38. The van der Waals surface area contributed by atoms with E-state index in [1.807, 2.05) is 4.90 Å². The third-order valence-corrected chi connectivity index (χ3v) is 4.77. The summed E-state index contributed by atoms with van der Waals surface area (Å²) in [6.07, 6.45) is 3.43. The van der Waals surface area contributed by atoms with E-state index >= 15 is 0 Å². The quantitative estimate of drug-likeness (QED) is 0.829. The standard InChI is InChI=1S/C18H27FN2O/c1-4-20(15(3)16-8-10-17(19)11-9-16)13-18(22)21-12-6-5-7-14(21)2/h8-11,14-15H,4-7,12-13H2,1-3H3. The molecule has 1 aliphatic rings. The Morgan fingerprint density at radius 3 is 2.64 bits per heavy atom. The smallest absolute Gasteiger partial charge is 0.237 e.